The third-order valence-electron chi connectivity index (χ3n) is 3.57. The molecule has 2 aromatic carbocycles. The van der Waals surface area contributed by atoms with Crippen LogP contribution < -0.4 is 10.6 Å². The van der Waals surface area contributed by atoms with E-state index in [9.17, 15) is 0 Å². The fourth-order valence-corrected chi connectivity index (χ4v) is 2.40. The minimum Gasteiger partial charge on any atom is -0.340 e. The average Bonchev–Trinajstić information content (AvgIpc) is 2.84. The van der Waals surface area contributed by atoms with Crippen LogP contribution >= 0.6 is 0 Å². The number of rotatable bonds is 5. The number of aryl methyl sites for hydroxylation is 2. The predicted octanol–water partition coefficient (Wildman–Crippen LogP) is 4.99. The van der Waals surface area contributed by atoms with E-state index in [0.717, 1.165) is 0 Å². The van der Waals surface area contributed by atoms with Crippen molar-refractivity contribution in [2.45, 2.75) is 13.8 Å². The van der Waals surface area contributed by atoms with E-state index in [1.54, 1.807) is 38.1 Å². The highest BCUT2D eigenvalue weighted by Gasteiger charge is 2.07. The molecule has 3 rings (SSSR count). The van der Waals surface area contributed by atoms with Gasteiger partial charge in [-0.2, -0.15) is 15.5 Å². The van der Waals surface area contributed by atoms with Crippen LogP contribution in [0.2, 0.25) is 0 Å². The second-order valence-electron chi connectivity index (χ2n) is 5.59. The lowest BCUT2D eigenvalue weighted by Gasteiger charge is -2.14. The molecule has 0 aliphatic heterocycles. The van der Waals surface area contributed by atoms with Crippen molar-refractivity contribution in [3.8, 4) is 12.1 Å². The van der Waals surface area contributed by atoms with Gasteiger partial charge in [-0.15, -0.1) is 0 Å². The first kappa shape index (κ1) is 10.9. The van der Waals surface area contributed by atoms with E-state index < -0.39 is 42.0 Å². The molecule has 136 valence electrons. The van der Waals surface area contributed by atoms with Crippen LogP contribution in [0.1, 0.15) is 33.2 Å². The van der Waals surface area contributed by atoms with Crippen molar-refractivity contribution >= 4 is 29.2 Å². The Kier molecular flexibility index (Phi) is 3.29. The molecule has 0 fully saturated rings. The van der Waals surface area contributed by atoms with Crippen LogP contribution in [0.15, 0.2) is 54.6 Å². The van der Waals surface area contributed by atoms with Crippen molar-refractivity contribution < 1.29 is 11.0 Å². The maximum atomic E-state index is 9.11. The molecular weight excluding hydrogens is 348 g/mol. The van der Waals surface area contributed by atoms with Gasteiger partial charge in [-0.1, -0.05) is 0 Å². The Morgan fingerprint density at radius 3 is 2.43 bits per heavy atom. The lowest BCUT2D eigenvalue weighted by molar-refractivity contribution is 1.16. The van der Waals surface area contributed by atoms with Crippen molar-refractivity contribution in [3.63, 3.8) is 0 Å². The summed E-state index contributed by atoms with van der Waals surface area (Å²) in [5, 5.41) is 23.5. The van der Waals surface area contributed by atoms with E-state index in [2.05, 4.69) is 20.6 Å². The van der Waals surface area contributed by atoms with Crippen LogP contribution in [0.3, 0.4) is 0 Å². The molecule has 3 aromatic rings. The predicted molar refractivity (Wildman–Crippen MR) is 110 cm³/mol. The van der Waals surface area contributed by atoms with Crippen molar-refractivity contribution in [1.82, 2.24) is 9.97 Å². The topological polar surface area (TPSA) is 97.4 Å². The Morgan fingerprint density at radius 2 is 1.79 bits per heavy atom. The fraction of sp³-hybridized carbons (Fsp3) is 0.0909. The number of hydrogen-bond donors (Lipinski definition) is 2. The summed E-state index contributed by atoms with van der Waals surface area (Å²) in [5.74, 6) is -0.347. The fourth-order valence-electron chi connectivity index (χ4n) is 2.40. The lowest BCUT2D eigenvalue weighted by Crippen LogP contribution is -2.02. The number of nitriles is 2. The van der Waals surface area contributed by atoms with Crippen LogP contribution in [-0.2, 0) is 0 Å². The zero-order valence-corrected chi connectivity index (χ0v) is 14.9. The molecular formula is C22H18N6. The number of anilines is 4. The summed E-state index contributed by atoms with van der Waals surface area (Å²) >= 11 is 0. The van der Waals surface area contributed by atoms with Gasteiger partial charge in [0.15, 0.2) is 0 Å². The standard InChI is InChI=1S/C22H18N6/c1-15-12-18(4-3-10-23)13-16(2)21(15)27-20-9-11-25-22(28-20)26-19-7-5-17(14-24)6-8-19/h3-9,11-13H,1-2H3,(H2,25,26,27,28)/b4-3+/i3D,4D,5D,6D,7D,8D,9D,11D. The van der Waals surface area contributed by atoms with Crippen molar-refractivity contribution in [3.05, 3.63) is 76.8 Å². The van der Waals surface area contributed by atoms with Gasteiger partial charge in [0.25, 0.3) is 0 Å². The molecule has 0 spiro atoms. The first-order chi connectivity index (χ1) is 16.9. The average molecular weight is 374 g/mol. The Hall–Kier alpha value is -4.16. The van der Waals surface area contributed by atoms with Gasteiger partial charge >= 0.3 is 0 Å². The third-order valence-corrected chi connectivity index (χ3v) is 3.57. The molecule has 2 N–H and O–H groups in total. The Labute approximate surface area is 175 Å². The van der Waals surface area contributed by atoms with Gasteiger partial charge in [0, 0.05) is 23.6 Å². The van der Waals surface area contributed by atoms with Crippen LogP contribution in [0, 0.1) is 36.5 Å². The third kappa shape index (κ3) is 4.51. The molecule has 0 atom stereocenters. The van der Waals surface area contributed by atoms with Crippen molar-refractivity contribution in [2.24, 2.45) is 0 Å². The Balaban J connectivity index is 2.06. The number of benzene rings is 2. The number of aromatic nitrogens is 2. The highest BCUT2D eigenvalue weighted by Crippen LogP contribution is 2.26. The number of nitrogens with one attached hydrogen (secondary N) is 2. The summed E-state index contributed by atoms with van der Waals surface area (Å²) in [7, 11) is 0. The maximum absolute atomic E-state index is 9.11. The van der Waals surface area contributed by atoms with E-state index in [-0.39, 0.29) is 29.5 Å². The second-order valence-corrected chi connectivity index (χ2v) is 5.59. The largest absolute Gasteiger partial charge is 0.340 e. The van der Waals surface area contributed by atoms with Crippen molar-refractivity contribution in [2.75, 3.05) is 10.6 Å². The molecule has 0 radical (unpaired) electrons. The van der Waals surface area contributed by atoms with E-state index in [1.807, 2.05) is 0 Å². The molecule has 0 unspecified atom stereocenters. The zero-order valence-electron chi connectivity index (χ0n) is 22.9. The zero-order chi connectivity index (χ0) is 26.9. The van der Waals surface area contributed by atoms with Gasteiger partial charge < -0.3 is 10.6 Å². The summed E-state index contributed by atoms with van der Waals surface area (Å²) in [6, 6.07) is 3.29. The number of hydrogen-bond acceptors (Lipinski definition) is 6. The van der Waals surface area contributed by atoms with Gasteiger partial charge in [0.1, 0.15) is 5.82 Å². The molecule has 0 aliphatic rings. The molecule has 6 heteroatoms. The van der Waals surface area contributed by atoms with Gasteiger partial charge in [0.2, 0.25) is 5.95 Å². The number of nitrogens with zero attached hydrogens (tertiary/aromatic N) is 4. The van der Waals surface area contributed by atoms with Crippen LogP contribution in [0.25, 0.3) is 6.05 Å². The van der Waals surface area contributed by atoms with Crippen LogP contribution in [0.5, 0.6) is 0 Å². The monoisotopic (exact) mass is 374 g/mol. The first-order valence-electron chi connectivity index (χ1n) is 12.0. The summed E-state index contributed by atoms with van der Waals surface area (Å²) < 4.78 is 63.8. The molecule has 1 heterocycles. The molecule has 0 bridgehead atoms. The van der Waals surface area contributed by atoms with Crippen LogP contribution in [0.4, 0.5) is 23.1 Å². The summed E-state index contributed by atoms with van der Waals surface area (Å²) in [5.41, 5.74) is 1.41. The minimum absolute atomic E-state index is 0.0832. The second kappa shape index (κ2) is 8.48. The van der Waals surface area contributed by atoms with E-state index in [4.69, 9.17) is 21.5 Å². The van der Waals surface area contributed by atoms with Gasteiger partial charge in [-0.25, -0.2) is 4.98 Å². The molecule has 1 aromatic heterocycles. The summed E-state index contributed by atoms with van der Waals surface area (Å²) in [6.45, 7) is 3.43. The maximum Gasteiger partial charge on any atom is 0.229 e. The Bertz CT molecular complexity index is 1470. The van der Waals surface area contributed by atoms with E-state index >= 15 is 0 Å². The highest BCUT2D eigenvalue weighted by molar-refractivity contribution is 5.69. The van der Waals surface area contributed by atoms with E-state index in [1.165, 1.54) is 0 Å². The minimum atomic E-state index is -0.538. The van der Waals surface area contributed by atoms with Crippen molar-refractivity contribution in [1.29, 1.82) is 10.5 Å². The quantitative estimate of drug-likeness (QED) is 0.611. The number of allylic oxidation sites excluding steroid dienone is 1. The molecule has 6 nitrogen and oxygen atoms in total. The normalized spacial score (nSPS) is 15.0. The van der Waals surface area contributed by atoms with Crippen LogP contribution in [-0.4, -0.2) is 9.97 Å². The Morgan fingerprint density at radius 1 is 1.07 bits per heavy atom. The molecule has 0 aliphatic carbocycles. The first-order valence-corrected chi connectivity index (χ1v) is 8.00. The molecule has 0 amide bonds. The van der Waals surface area contributed by atoms with Gasteiger partial charge in [-0.3, -0.25) is 0 Å². The smallest absolute Gasteiger partial charge is 0.229 e. The lowest BCUT2D eigenvalue weighted by atomic mass is 10.0. The molecule has 28 heavy (non-hydrogen) atoms. The van der Waals surface area contributed by atoms with E-state index in [0.29, 0.717) is 22.4 Å². The van der Waals surface area contributed by atoms with Gasteiger partial charge in [0.05, 0.1) is 28.7 Å². The molecule has 0 saturated heterocycles. The molecule has 0 saturated carbocycles. The summed E-state index contributed by atoms with van der Waals surface area (Å²) in [4.78, 5) is 8.02. The summed E-state index contributed by atoms with van der Waals surface area (Å²) in [6.07, 6.45) is -0.477. The van der Waals surface area contributed by atoms with Gasteiger partial charge in [-0.05, 0) is 78.9 Å². The SMILES string of the molecule is [2H]/C(C#N)=C(/[2H])c1cc(C)c(Nc2nc(Nc3c([2H])c([2H])c(C#N)c([2H])c3[2H])nc([2H])c2[2H])c(C)c1. The highest BCUT2D eigenvalue weighted by atomic mass is 15.1.